The third-order valence-corrected chi connectivity index (χ3v) is 6.91. The van der Waals surface area contributed by atoms with Crippen LogP contribution in [0.4, 0.5) is 0 Å². The number of ether oxygens (including phenoxy) is 1. The molecule has 0 spiro atoms. The number of fused-ring (bicyclic) bond motifs is 1. The maximum absolute atomic E-state index is 12.1. The Balaban J connectivity index is 1.49. The molecule has 0 saturated carbocycles. The molecule has 0 radical (unpaired) electrons. The number of hydrogen-bond donors (Lipinski definition) is 1. The Hall–Kier alpha value is -3.79. The predicted molar refractivity (Wildman–Crippen MR) is 126 cm³/mol. The average Bonchev–Trinajstić information content (AvgIpc) is 3.47. The lowest BCUT2D eigenvalue weighted by Crippen LogP contribution is -2.25. The number of carbonyl (C=O) groups is 1. The summed E-state index contributed by atoms with van der Waals surface area (Å²) in [6, 6.07) is 10.7. The Labute approximate surface area is 196 Å². The van der Waals surface area contributed by atoms with Crippen molar-refractivity contribution in [1.82, 2.24) is 24.8 Å². The first-order valence-corrected chi connectivity index (χ1v) is 12.7. The van der Waals surface area contributed by atoms with E-state index in [1.807, 2.05) is 24.3 Å². The molecule has 34 heavy (non-hydrogen) atoms. The molecule has 4 aromatic rings. The fourth-order valence-corrected chi connectivity index (χ4v) is 4.75. The monoisotopic (exact) mass is 477 g/mol. The molecule has 1 fully saturated rings. The van der Waals surface area contributed by atoms with Gasteiger partial charge in [-0.2, -0.15) is 0 Å². The van der Waals surface area contributed by atoms with E-state index in [2.05, 4.69) is 19.9 Å². The zero-order chi connectivity index (χ0) is 23.9. The highest BCUT2D eigenvalue weighted by Crippen LogP contribution is 2.36. The average molecular weight is 478 g/mol. The fourth-order valence-electron chi connectivity index (χ4n) is 4.18. The van der Waals surface area contributed by atoms with E-state index in [9.17, 15) is 13.2 Å². The predicted octanol–water partition coefficient (Wildman–Crippen LogP) is 3.55. The second-order valence-electron chi connectivity index (χ2n) is 8.38. The van der Waals surface area contributed by atoms with Gasteiger partial charge in [-0.15, -0.1) is 0 Å². The van der Waals surface area contributed by atoms with Crippen LogP contribution in [-0.2, 0) is 14.6 Å². The van der Waals surface area contributed by atoms with Crippen LogP contribution in [0.15, 0.2) is 60.0 Å². The first-order chi connectivity index (χ1) is 16.3. The molecule has 0 bridgehead atoms. The van der Waals surface area contributed by atoms with E-state index in [0.717, 1.165) is 28.5 Å². The van der Waals surface area contributed by atoms with Gasteiger partial charge in [-0.1, -0.05) is 0 Å². The molecule has 9 nitrogen and oxygen atoms in total. The topological polar surface area (TPSA) is 118 Å². The van der Waals surface area contributed by atoms with Gasteiger partial charge in [0.25, 0.3) is 0 Å². The molecule has 1 aliphatic rings. The maximum Gasteiger partial charge on any atom is 0.219 e. The largest absolute Gasteiger partial charge is 0.455 e. The summed E-state index contributed by atoms with van der Waals surface area (Å²) in [7, 11) is -3.49. The number of carbonyl (C=O) groups excluding carboxylic acids is 1. The number of amides is 1. The van der Waals surface area contributed by atoms with Crippen LogP contribution in [0.5, 0.6) is 11.5 Å². The number of H-pyrrole nitrogens is 1. The van der Waals surface area contributed by atoms with Crippen molar-refractivity contribution in [3.05, 3.63) is 60.7 Å². The van der Waals surface area contributed by atoms with Crippen molar-refractivity contribution in [3.8, 4) is 22.9 Å². The summed E-state index contributed by atoms with van der Waals surface area (Å²) in [4.78, 5) is 29.8. The number of aromatic amines is 1. The van der Waals surface area contributed by atoms with Gasteiger partial charge < -0.3 is 14.6 Å². The minimum absolute atomic E-state index is 0.00850. The quantitative estimate of drug-likeness (QED) is 0.467. The Morgan fingerprint density at radius 2 is 2.03 bits per heavy atom. The molecule has 1 aromatic carbocycles. The fraction of sp³-hybridized carbons (Fsp3) is 0.250. The number of hydrogen-bond acceptors (Lipinski definition) is 7. The second-order valence-corrected chi connectivity index (χ2v) is 10.3. The number of rotatable bonds is 5. The Morgan fingerprint density at radius 1 is 1.18 bits per heavy atom. The van der Waals surface area contributed by atoms with Crippen molar-refractivity contribution in [2.75, 3.05) is 19.3 Å². The van der Waals surface area contributed by atoms with Gasteiger partial charge in [0.05, 0.1) is 17.6 Å². The van der Waals surface area contributed by atoms with Crippen molar-refractivity contribution in [3.63, 3.8) is 0 Å². The molecule has 1 unspecified atom stereocenters. The van der Waals surface area contributed by atoms with Crippen LogP contribution in [0, 0.1) is 0 Å². The summed E-state index contributed by atoms with van der Waals surface area (Å²) in [5, 5.41) is 0.926. The lowest BCUT2D eigenvalue weighted by Gasteiger charge is -2.17. The molecule has 1 amide bonds. The first-order valence-electron chi connectivity index (χ1n) is 10.8. The lowest BCUT2D eigenvalue weighted by molar-refractivity contribution is -0.127. The van der Waals surface area contributed by atoms with Crippen molar-refractivity contribution in [2.45, 2.75) is 24.3 Å². The molecule has 0 aliphatic carbocycles. The van der Waals surface area contributed by atoms with E-state index in [-0.39, 0.29) is 16.9 Å². The minimum Gasteiger partial charge on any atom is -0.455 e. The summed E-state index contributed by atoms with van der Waals surface area (Å²) in [5.41, 5.74) is 3.04. The first kappa shape index (κ1) is 22.0. The Bertz CT molecular complexity index is 1480. The lowest BCUT2D eigenvalue weighted by atomic mass is 10.0. The van der Waals surface area contributed by atoms with Gasteiger partial charge >= 0.3 is 0 Å². The SMILES string of the molecule is CC(=O)N1CCC(c2nc(S(C)(=O)=O)ccc2Oc2ccc3[nH]c(-c4cnccn4)cc3c2)C1. The van der Waals surface area contributed by atoms with Crippen molar-refractivity contribution < 1.29 is 17.9 Å². The van der Waals surface area contributed by atoms with Crippen LogP contribution in [0.1, 0.15) is 25.0 Å². The van der Waals surface area contributed by atoms with Gasteiger partial charge in [-0.05, 0) is 42.8 Å². The number of likely N-dealkylation sites (tertiary alicyclic amines) is 1. The number of sulfone groups is 1. The van der Waals surface area contributed by atoms with E-state index in [4.69, 9.17) is 4.74 Å². The van der Waals surface area contributed by atoms with E-state index in [0.29, 0.717) is 36.7 Å². The second kappa shape index (κ2) is 8.53. The third-order valence-electron chi connectivity index (χ3n) is 5.92. The van der Waals surface area contributed by atoms with Gasteiger partial charge in [-0.25, -0.2) is 13.4 Å². The van der Waals surface area contributed by atoms with Gasteiger partial charge in [0.2, 0.25) is 5.91 Å². The van der Waals surface area contributed by atoms with Crippen molar-refractivity contribution >= 4 is 26.6 Å². The summed E-state index contributed by atoms with van der Waals surface area (Å²) in [5.74, 6) is 0.946. The van der Waals surface area contributed by atoms with E-state index in [1.54, 1.807) is 29.6 Å². The van der Waals surface area contributed by atoms with Gasteiger partial charge in [0.15, 0.2) is 14.9 Å². The van der Waals surface area contributed by atoms with E-state index < -0.39 is 9.84 Å². The molecule has 1 saturated heterocycles. The molecule has 1 aliphatic heterocycles. The van der Waals surface area contributed by atoms with Crippen LogP contribution in [0.25, 0.3) is 22.3 Å². The molecule has 5 rings (SSSR count). The van der Waals surface area contributed by atoms with Crippen LogP contribution in [0.3, 0.4) is 0 Å². The molecular weight excluding hydrogens is 454 g/mol. The maximum atomic E-state index is 12.1. The normalized spacial score (nSPS) is 16.2. The van der Waals surface area contributed by atoms with Crippen LogP contribution in [0.2, 0.25) is 0 Å². The number of nitrogens with zero attached hydrogens (tertiary/aromatic N) is 4. The summed E-state index contributed by atoms with van der Waals surface area (Å²) >= 11 is 0. The van der Waals surface area contributed by atoms with E-state index in [1.165, 1.54) is 13.0 Å². The molecular formula is C24H23N5O4S. The molecule has 3 aromatic heterocycles. The number of aromatic nitrogens is 4. The molecule has 1 N–H and O–H groups in total. The number of pyridine rings is 1. The minimum atomic E-state index is -3.49. The van der Waals surface area contributed by atoms with Gasteiger partial charge in [0, 0.05) is 55.5 Å². The number of benzene rings is 1. The third kappa shape index (κ3) is 4.36. The smallest absolute Gasteiger partial charge is 0.219 e. The Kier molecular flexibility index (Phi) is 5.52. The standard InChI is InChI=1S/C24H23N5O4S/c1-15(30)29-10-7-16(14-29)24-22(5-6-23(28-24)34(2,31)32)33-18-3-4-19-17(11-18)12-20(27-19)21-13-25-8-9-26-21/h3-6,8-9,11-13,16,27H,7,10,14H2,1-2H3. The highest BCUT2D eigenvalue weighted by molar-refractivity contribution is 7.90. The zero-order valence-electron chi connectivity index (χ0n) is 18.7. The van der Waals surface area contributed by atoms with Crippen molar-refractivity contribution in [2.24, 2.45) is 0 Å². The summed E-state index contributed by atoms with van der Waals surface area (Å²) in [6.07, 6.45) is 6.77. The summed E-state index contributed by atoms with van der Waals surface area (Å²) in [6.45, 7) is 2.61. The molecule has 10 heteroatoms. The highest BCUT2D eigenvalue weighted by Gasteiger charge is 2.30. The van der Waals surface area contributed by atoms with Crippen LogP contribution >= 0.6 is 0 Å². The Morgan fingerprint density at radius 3 is 2.74 bits per heavy atom. The van der Waals surface area contributed by atoms with Crippen LogP contribution < -0.4 is 4.74 Å². The number of nitrogens with one attached hydrogen (secondary N) is 1. The molecule has 174 valence electrons. The molecule has 4 heterocycles. The zero-order valence-corrected chi connectivity index (χ0v) is 19.5. The highest BCUT2D eigenvalue weighted by atomic mass is 32.2. The molecule has 1 atom stereocenters. The van der Waals surface area contributed by atoms with Gasteiger partial charge in [-0.3, -0.25) is 14.8 Å². The van der Waals surface area contributed by atoms with Crippen molar-refractivity contribution in [1.29, 1.82) is 0 Å². The van der Waals surface area contributed by atoms with E-state index >= 15 is 0 Å². The van der Waals surface area contributed by atoms with Gasteiger partial charge in [0.1, 0.15) is 17.2 Å². The van der Waals surface area contributed by atoms with Crippen LogP contribution in [-0.4, -0.2) is 58.5 Å². The summed E-state index contributed by atoms with van der Waals surface area (Å²) < 4.78 is 30.5.